The smallest absolute Gasteiger partial charge is 0.259 e. The summed E-state index contributed by atoms with van der Waals surface area (Å²) in [6.07, 6.45) is 3.59. The summed E-state index contributed by atoms with van der Waals surface area (Å²) in [5.41, 5.74) is 5.59. The highest BCUT2D eigenvalue weighted by atomic mass is 16.1. The van der Waals surface area contributed by atoms with Gasteiger partial charge in [-0.05, 0) is 57.2 Å². The molecule has 146 valence electrons. The summed E-state index contributed by atoms with van der Waals surface area (Å²) in [6, 6.07) is 17.6. The normalized spacial score (nSPS) is 10.9. The van der Waals surface area contributed by atoms with Gasteiger partial charge in [0.2, 0.25) is 0 Å². The van der Waals surface area contributed by atoms with Crippen LogP contribution in [0.15, 0.2) is 67.0 Å². The summed E-state index contributed by atoms with van der Waals surface area (Å²) in [4.78, 5) is 17.4. The molecule has 0 spiro atoms. The van der Waals surface area contributed by atoms with E-state index < -0.39 is 0 Å². The Morgan fingerprint density at radius 2 is 1.79 bits per heavy atom. The minimum Gasteiger partial charge on any atom is -0.318 e. The van der Waals surface area contributed by atoms with Gasteiger partial charge in [-0.2, -0.15) is 5.10 Å². The highest BCUT2D eigenvalue weighted by Gasteiger charge is 2.16. The van der Waals surface area contributed by atoms with Crippen molar-refractivity contribution in [1.29, 1.82) is 0 Å². The van der Waals surface area contributed by atoms with Gasteiger partial charge in [-0.1, -0.05) is 17.7 Å². The van der Waals surface area contributed by atoms with E-state index in [2.05, 4.69) is 32.1 Å². The van der Waals surface area contributed by atoms with Gasteiger partial charge in [0.1, 0.15) is 0 Å². The van der Waals surface area contributed by atoms with Crippen LogP contribution in [0.1, 0.15) is 33.0 Å². The minimum absolute atomic E-state index is 0.181. The van der Waals surface area contributed by atoms with Gasteiger partial charge in [0.25, 0.3) is 5.91 Å². The van der Waals surface area contributed by atoms with Crippen LogP contribution in [-0.2, 0) is 6.54 Å². The standard InChI is InChI=1S/C23H23N5O/c1-16-7-10-21(28-17(2)8-9-18(28)3)20(14-16)23(29)25-22-11-13-27(26-22)15-19-6-4-5-12-24-19/h4-14H,15H2,1-3H3,(H,25,26,29). The molecule has 0 unspecified atom stereocenters. The van der Waals surface area contributed by atoms with Crippen LogP contribution in [-0.4, -0.2) is 25.2 Å². The van der Waals surface area contributed by atoms with Gasteiger partial charge in [0.15, 0.2) is 5.82 Å². The molecular weight excluding hydrogens is 362 g/mol. The van der Waals surface area contributed by atoms with E-state index in [1.54, 1.807) is 16.9 Å². The molecule has 0 aliphatic carbocycles. The summed E-state index contributed by atoms with van der Waals surface area (Å²) in [5, 5.41) is 7.39. The zero-order valence-electron chi connectivity index (χ0n) is 16.8. The first-order valence-corrected chi connectivity index (χ1v) is 9.52. The zero-order valence-corrected chi connectivity index (χ0v) is 16.8. The van der Waals surface area contributed by atoms with Crippen LogP contribution in [0, 0.1) is 20.8 Å². The topological polar surface area (TPSA) is 64.7 Å². The number of carbonyl (C=O) groups is 1. The molecule has 0 atom stereocenters. The molecule has 3 aromatic heterocycles. The Kier molecular flexibility index (Phi) is 4.99. The fraction of sp³-hybridized carbons (Fsp3) is 0.174. The third kappa shape index (κ3) is 3.96. The van der Waals surface area contributed by atoms with Gasteiger partial charge >= 0.3 is 0 Å². The van der Waals surface area contributed by atoms with Gasteiger partial charge in [0.05, 0.1) is 23.5 Å². The van der Waals surface area contributed by atoms with E-state index in [0.29, 0.717) is 17.9 Å². The second-order valence-corrected chi connectivity index (χ2v) is 7.15. The average Bonchev–Trinajstić information content (AvgIpc) is 3.28. The second kappa shape index (κ2) is 7.75. The van der Waals surface area contributed by atoms with Crippen LogP contribution in [0.4, 0.5) is 5.82 Å². The highest BCUT2D eigenvalue weighted by Crippen LogP contribution is 2.22. The van der Waals surface area contributed by atoms with Crippen molar-refractivity contribution in [3.05, 3.63) is 95.2 Å². The molecule has 0 aliphatic heterocycles. The lowest BCUT2D eigenvalue weighted by Gasteiger charge is -2.15. The Balaban J connectivity index is 1.59. The number of rotatable bonds is 5. The Bertz CT molecular complexity index is 1140. The summed E-state index contributed by atoms with van der Waals surface area (Å²) in [6.45, 7) is 6.60. The predicted molar refractivity (Wildman–Crippen MR) is 113 cm³/mol. The molecule has 1 N–H and O–H groups in total. The number of hydrogen-bond acceptors (Lipinski definition) is 3. The van der Waals surface area contributed by atoms with E-state index in [1.807, 2.05) is 63.4 Å². The molecule has 0 aliphatic rings. The number of nitrogens with one attached hydrogen (secondary N) is 1. The molecule has 4 rings (SSSR count). The van der Waals surface area contributed by atoms with Crippen molar-refractivity contribution in [1.82, 2.24) is 19.3 Å². The van der Waals surface area contributed by atoms with Crippen LogP contribution in [0.5, 0.6) is 0 Å². The summed E-state index contributed by atoms with van der Waals surface area (Å²) in [5.74, 6) is 0.332. The van der Waals surface area contributed by atoms with Crippen molar-refractivity contribution >= 4 is 11.7 Å². The van der Waals surface area contributed by atoms with Crippen molar-refractivity contribution in [2.24, 2.45) is 0 Å². The number of benzene rings is 1. The predicted octanol–water partition coefficient (Wildman–Crippen LogP) is 4.29. The Morgan fingerprint density at radius 3 is 2.52 bits per heavy atom. The van der Waals surface area contributed by atoms with Crippen LogP contribution in [0.3, 0.4) is 0 Å². The maximum atomic E-state index is 13.1. The molecule has 1 amide bonds. The second-order valence-electron chi connectivity index (χ2n) is 7.15. The Hall–Kier alpha value is -3.67. The van der Waals surface area contributed by atoms with E-state index in [1.165, 1.54) is 0 Å². The number of hydrogen-bond donors (Lipinski definition) is 1. The van der Waals surface area contributed by atoms with Crippen molar-refractivity contribution in [2.45, 2.75) is 27.3 Å². The Labute approximate surface area is 169 Å². The van der Waals surface area contributed by atoms with Crippen molar-refractivity contribution < 1.29 is 4.79 Å². The fourth-order valence-electron chi connectivity index (χ4n) is 3.43. The SMILES string of the molecule is Cc1ccc(-n2c(C)ccc2C)c(C(=O)Nc2ccn(Cc3ccccn3)n2)c1. The van der Waals surface area contributed by atoms with Gasteiger partial charge < -0.3 is 9.88 Å². The first-order chi connectivity index (χ1) is 14.0. The maximum Gasteiger partial charge on any atom is 0.259 e. The molecule has 0 saturated heterocycles. The van der Waals surface area contributed by atoms with E-state index in [0.717, 1.165) is 28.3 Å². The quantitative estimate of drug-likeness (QED) is 0.557. The largest absolute Gasteiger partial charge is 0.318 e. The number of amides is 1. The van der Waals surface area contributed by atoms with Gasteiger partial charge in [-0.25, -0.2) is 0 Å². The fourth-order valence-corrected chi connectivity index (χ4v) is 3.43. The summed E-state index contributed by atoms with van der Waals surface area (Å²) < 4.78 is 3.85. The third-order valence-electron chi connectivity index (χ3n) is 4.84. The lowest BCUT2D eigenvalue weighted by atomic mass is 10.1. The van der Waals surface area contributed by atoms with Crippen molar-refractivity contribution in [3.63, 3.8) is 0 Å². The molecule has 0 radical (unpaired) electrons. The molecule has 0 fully saturated rings. The van der Waals surface area contributed by atoms with E-state index in [-0.39, 0.29) is 5.91 Å². The third-order valence-corrected chi connectivity index (χ3v) is 4.84. The van der Waals surface area contributed by atoms with E-state index >= 15 is 0 Å². The molecule has 0 bridgehead atoms. The summed E-state index contributed by atoms with van der Waals surface area (Å²) >= 11 is 0. The van der Waals surface area contributed by atoms with Crippen molar-refractivity contribution in [2.75, 3.05) is 5.32 Å². The number of aromatic nitrogens is 4. The highest BCUT2D eigenvalue weighted by molar-refractivity contribution is 6.06. The molecule has 6 heteroatoms. The minimum atomic E-state index is -0.181. The maximum absolute atomic E-state index is 13.1. The monoisotopic (exact) mass is 385 g/mol. The Morgan fingerprint density at radius 1 is 1.00 bits per heavy atom. The lowest BCUT2D eigenvalue weighted by Crippen LogP contribution is -2.17. The first-order valence-electron chi connectivity index (χ1n) is 9.52. The van der Waals surface area contributed by atoms with E-state index in [4.69, 9.17) is 0 Å². The number of aryl methyl sites for hydroxylation is 3. The average molecular weight is 385 g/mol. The molecule has 3 heterocycles. The number of pyridine rings is 1. The van der Waals surface area contributed by atoms with Gasteiger partial charge in [-0.15, -0.1) is 0 Å². The van der Waals surface area contributed by atoms with Crippen LogP contribution in [0.2, 0.25) is 0 Å². The first kappa shape index (κ1) is 18.7. The molecule has 29 heavy (non-hydrogen) atoms. The molecule has 0 saturated carbocycles. The van der Waals surface area contributed by atoms with Crippen molar-refractivity contribution in [3.8, 4) is 5.69 Å². The summed E-state index contributed by atoms with van der Waals surface area (Å²) in [7, 11) is 0. The van der Waals surface area contributed by atoms with Crippen LogP contribution < -0.4 is 5.32 Å². The lowest BCUT2D eigenvalue weighted by molar-refractivity contribution is 0.102. The molecular formula is C23H23N5O. The zero-order chi connectivity index (χ0) is 20.4. The number of anilines is 1. The van der Waals surface area contributed by atoms with Gasteiger partial charge in [-0.3, -0.25) is 14.5 Å². The van der Waals surface area contributed by atoms with Crippen LogP contribution in [0.25, 0.3) is 5.69 Å². The molecule has 1 aromatic carbocycles. The molecule has 6 nitrogen and oxygen atoms in total. The van der Waals surface area contributed by atoms with Gasteiger partial charge in [0, 0.05) is 29.8 Å². The van der Waals surface area contributed by atoms with Crippen LogP contribution >= 0.6 is 0 Å². The van der Waals surface area contributed by atoms with E-state index in [9.17, 15) is 4.79 Å². The molecule has 4 aromatic rings. The number of nitrogens with zero attached hydrogens (tertiary/aromatic N) is 4. The number of carbonyl (C=O) groups excluding carboxylic acids is 1.